The Morgan fingerprint density at radius 1 is 1.24 bits per heavy atom. The second-order valence-electron chi connectivity index (χ2n) is 5.50. The van der Waals surface area contributed by atoms with Gasteiger partial charge in [-0.3, -0.25) is 4.79 Å². The molecule has 128 valence electrons. The van der Waals surface area contributed by atoms with E-state index in [1.807, 2.05) is 61.5 Å². The van der Waals surface area contributed by atoms with E-state index in [1.165, 1.54) is 0 Å². The van der Waals surface area contributed by atoms with E-state index in [-0.39, 0.29) is 20.6 Å². The number of carbonyl (C=O) groups excluding carboxylic acids is 1. The van der Waals surface area contributed by atoms with Crippen LogP contribution in [0.5, 0.6) is 5.75 Å². The predicted octanol–water partition coefficient (Wildman–Crippen LogP) is 4.79. The van der Waals surface area contributed by atoms with E-state index in [0.29, 0.717) is 6.61 Å². The van der Waals surface area contributed by atoms with E-state index >= 15 is 0 Å². The molecule has 2 aromatic carbocycles. The van der Waals surface area contributed by atoms with Crippen molar-refractivity contribution in [1.29, 1.82) is 0 Å². The summed E-state index contributed by atoms with van der Waals surface area (Å²) in [6.45, 7) is 2.53. The molecule has 1 saturated heterocycles. The fourth-order valence-electron chi connectivity index (χ4n) is 2.86. The number of halogens is 1. The van der Waals surface area contributed by atoms with Crippen LogP contribution in [0.2, 0.25) is 0 Å². The molecular formula is C20H18INO2S. The number of ether oxygens (including phenoxy) is 1. The first-order valence-corrected chi connectivity index (χ1v) is 10.2. The molecule has 25 heavy (non-hydrogen) atoms. The molecule has 0 radical (unpaired) electrons. The molecule has 1 fully saturated rings. The van der Waals surface area contributed by atoms with Crippen LogP contribution in [0.1, 0.15) is 28.7 Å². The van der Waals surface area contributed by atoms with Crippen molar-refractivity contribution in [2.24, 2.45) is 0 Å². The number of nitrogens with zero attached hydrogens (tertiary/aromatic N) is 1. The smallest absolute Gasteiger partial charge is 0.243 e. The summed E-state index contributed by atoms with van der Waals surface area (Å²) in [5, 5.41) is -0.426. The maximum atomic E-state index is 13.1. The van der Waals surface area contributed by atoms with Crippen LogP contribution in [0.25, 0.3) is 0 Å². The Hall–Kier alpha value is -1.65. The molecule has 0 aromatic heterocycles. The summed E-state index contributed by atoms with van der Waals surface area (Å²) in [7, 11) is 0. The normalized spacial score (nSPS) is 21.0. The lowest BCUT2D eigenvalue weighted by Crippen LogP contribution is -2.34. The van der Waals surface area contributed by atoms with E-state index in [2.05, 4.69) is 28.5 Å². The fourth-order valence-corrected chi connectivity index (χ4v) is 5.18. The number of hydrogen-bond donors (Lipinski definition) is 0. The number of terminal acetylenes is 1. The first kappa shape index (κ1) is 18.2. The highest BCUT2D eigenvalue weighted by atomic mass is 127. The molecule has 0 bridgehead atoms. The number of alkyl halides is 1. The van der Waals surface area contributed by atoms with Crippen LogP contribution in [0.4, 0.5) is 0 Å². The quantitative estimate of drug-likeness (QED) is 0.276. The van der Waals surface area contributed by atoms with Crippen LogP contribution >= 0.6 is 34.4 Å². The maximum Gasteiger partial charge on any atom is 0.243 e. The molecule has 3 nitrogen and oxygen atoms in total. The van der Waals surface area contributed by atoms with Gasteiger partial charge in [0.2, 0.25) is 5.91 Å². The fraction of sp³-hybridized carbons (Fsp3) is 0.250. The molecule has 0 aliphatic carbocycles. The highest BCUT2D eigenvalue weighted by Crippen LogP contribution is 2.53. The van der Waals surface area contributed by atoms with Gasteiger partial charge in [0, 0.05) is 5.56 Å². The minimum absolute atomic E-state index is 0.0462. The molecule has 5 heteroatoms. The van der Waals surface area contributed by atoms with Gasteiger partial charge in [-0.1, -0.05) is 54.5 Å². The number of hydrogen-bond acceptors (Lipinski definition) is 3. The van der Waals surface area contributed by atoms with Crippen LogP contribution in [-0.2, 0) is 4.79 Å². The number of benzene rings is 2. The summed E-state index contributed by atoms with van der Waals surface area (Å²) in [5.74, 6) is 3.54. The minimum Gasteiger partial charge on any atom is -0.493 e. The van der Waals surface area contributed by atoms with Gasteiger partial charge in [-0.05, 0) is 41.1 Å². The van der Waals surface area contributed by atoms with E-state index in [4.69, 9.17) is 11.2 Å². The lowest BCUT2D eigenvalue weighted by molar-refractivity contribution is -0.129. The van der Waals surface area contributed by atoms with Gasteiger partial charge >= 0.3 is 0 Å². The molecule has 1 amide bonds. The maximum absolute atomic E-state index is 13.1. The molecule has 0 saturated carbocycles. The third kappa shape index (κ3) is 3.65. The number of amides is 1. The summed E-state index contributed by atoms with van der Waals surface area (Å²) in [6, 6.07) is 17.7. The standard InChI is InChI=1S/C20H18INO2S/c1-3-17(21)22-19(23)18(14-10-6-5-7-11-14)25-20(22)15-12-8-9-13-16(15)24-4-2/h1,5-13,17-18,20H,4H2,2H3. The Kier molecular flexibility index (Phi) is 5.92. The average Bonchev–Trinajstić information content (AvgIpc) is 2.99. The zero-order valence-corrected chi connectivity index (χ0v) is 16.7. The SMILES string of the molecule is C#CC(I)N1C(=O)C(c2ccccc2)SC1c1ccccc1OCC. The van der Waals surface area contributed by atoms with Gasteiger partial charge in [-0.25, -0.2) is 0 Å². The second-order valence-corrected chi connectivity index (χ2v) is 7.87. The third-order valence-corrected chi connectivity index (χ3v) is 6.41. The summed E-state index contributed by atoms with van der Waals surface area (Å²) >= 11 is 3.75. The van der Waals surface area contributed by atoms with Crippen molar-refractivity contribution < 1.29 is 9.53 Å². The average molecular weight is 463 g/mol. The Bertz CT molecular complexity index is 790. The molecular weight excluding hydrogens is 445 g/mol. The molecule has 3 rings (SSSR count). The molecule has 1 aliphatic rings. The summed E-state index contributed by atoms with van der Waals surface area (Å²) in [5.41, 5.74) is 1.98. The highest BCUT2D eigenvalue weighted by Gasteiger charge is 2.45. The van der Waals surface area contributed by atoms with Crippen molar-refractivity contribution in [2.75, 3.05) is 6.61 Å². The Balaban J connectivity index is 2.02. The summed E-state index contributed by atoms with van der Waals surface area (Å²) in [4.78, 5) is 14.9. The number of thioether (sulfide) groups is 1. The van der Waals surface area contributed by atoms with Gasteiger partial charge in [0.15, 0.2) is 0 Å². The zero-order valence-electron chi connectivity index (χ0n) is 13.8. The first-order chi connectivity index (χ1) is 12.2. The van der Waals surface area contributed by atoms with Gasteiger partial charge in [0.25, 0.3) is 0 Å². The van der Waals surface area contributed by atoms with E-state index < -0.39 is 0 Å². The first-order valence-electron chi connectivity index (χ1n) is 8.02. The van der Waals surface area contributed by atoms with E-state index in [0.717, 1.165) is 16.9 Å². The molecule has 1 aliphatic heterocycles. The molecule has 0 N–H and O–H groups in total. The van der Waals surface area contributed by atoms with Crippen LogP contribution in [0.3, 0.4) is 0 Å². The van der Waals surface area contributed by atoms with Crippen molar-refractivity contribution in [3.63, 3.8) is 0 Å². The molecule has 0 spiro atoms. The van der Waals surface area contributed by atoms with Crippen molar-refractivity contribution in [3.8, 4) is 18.1 Å². The number of rotatable bonds is 5. The lowest BCUT2D eigenvalue weighted by atomic mass is 10.1. The number of para-hydroxylation sites is 1. The largest absolute Gasteiger partial charge is 0.493 e. The van der Waals surface area contributed by atoms with Gasteiger partial charge in [-0.15, -0.1) is 18.2 Å². The molecule has 3 unspecified atom stereocenters. The Labute approximate surface area is 166 Å². The van der Waals surface area contributed by atoms with Crippen molar-refractivity contribution >= 4 is 40.3 Å². The molecule has 1 heterocycles. The van der Waals surface area contributed by atoms with Crippen LogP contribution in [0.15, 0.2) is 54.6 Å². The van der Waals surface area contributed by atoms with Gasteiger partial charge in [-0.2, -0.15) is 0 Å². The van der Waals surface area contributed by atoms with Gasteiger partial charge < -0.3 is 9.64 Å². The van der Waals surface area contributed by atoms with Gasteiger partial charge in [0.1, 0.15) is 20.4 Å². The summed E-state index contributed by atoms with van der Waals surface area (Å²) in [6.07, 6.45) is 5.64. The van der Waals surface area contributed by atoms with Crippen LogP contribution in [0, 0.1) is 12.3 Å². The van der Waals surface area contributed by atoms with Crippen molar-refractivity contribution in [1.82, 2.24) is 4.90 Å². The lowest BCUT2D eigenvalue weighted by Gasteiger charge is -2.27. The van der Waals surface area contributed by atoms with Gasteiger partial charge in [0.05, 0.1) is 6.61 Å². The van der Waals surface area contributed by atoms with Crippen LogP contribution < -0.4 is 4.74 Å². The monoisotopic (exact) mass is 463 g/mol. The minimum atomic E-state index is -0.314. The third-order valence-electron chi connectivity index (χ3n) is 3.97. The van der Waals surface area contributed by atoms with E-state index in [9.17, 15) is 4.79 Å². The topological polar surface area (TPSA) is 29.5 Å². The molecule has 2 aromatic rings. The Morgan fingerprint density at radius 3 is 2.60 bits per heavy atom. The van der Waals surface area contributed by atoms with Crippen molar-refractivity contribution in [3.05, 3.63) is 65.7 Å². The number of carbonyl (C=O) groups is 1. The second kappa shape index (κ2) is 8.15. The van der Waals surface area contributed by atoms with E-state index in [1.54, 1.807) is 16.7 Å². The Morgan fingerprint density at radius 2 is 1.92 bits per heavy atom. The van der Waals surface area contributed by atoms with Crippen molar-refractivity contribution in [2.45, 2.75) is 21.6 Å². The highest BCUT2D eigenvalue weighted by molar-refractivity contribution is 14.1. The predicted molar refractivity (Wildman–Crippen MR) is 111 cm³/mol. The summed E-state index contributed by atoms with van der Waals surface area (Å²) < 4.78 is 5.47. The van der Waals surface area contributed by atoms with Crippen LogP contribution in [-0.4, -0.2) is 21.5 Å². The molecule has 3 atom stereocenters. The zero-order chi connectivity index (χ0) is 17.8.